The van der Waals surface area contributed by atoms with Crippen molar-refractivity contribution in [2.75, 3.05) is 6.61 Å². The average Bonchev–Trinajstić information content (AvgIpc) is 3.34. The molecule has 0 atom stereocenters. The molecule has 0 unspecified atom stereocenters. The van der Waals surface area contributed by atoms with Crippen molar-refractivity contribution >= 4 is 34.1 Å². The number of carbonyl (C=O) groups is 1. The van der Waals surface area contributed by atoms with Gasteiger partial charge in [0.05, 0.1) is 23.7 Å². The summed E-state index contributed by atoms with van der Waals surface area (Å²) in [5.41, 5.74) is 2.21. The van der Waals surface area contributed by atoms with Crippen LogP contribution in [0.2, 0.25) is 0 Å². The SMILES string of the molecule is C=CCc1cc(C=Nn2c(-c3cc4ccccc4o3)nc3ccccc3c2=O)cc(OCC)c1OC(C)=O. The quantitative estimate of drug-likeness (QED) is 0.115. The van der Waals surface area contributed by atoms with Gasteiger partial charge >= 0.3 is 5.97 Å². The summed E-state index contributed by atoms with van der Waals surface area (Å²) in [6, 6.07) is 20.0. The first kappa shape index (κ1) is 24.7. The first-order valence-corrected chi connectivity index (χ1v) is 12.1. The van der Waals surface area contributed by atoms with Crippen molar-refractivity contribution in [2.45, 2.75) is 20.3 Å². The lowest BCUT2D eigenvalue weighted by molar-refractivity contribution is -0.132. The van der Waals surface area contributed by atoms with Gasteiger partial charge in [0.1, 0.15) is 5.58 Å². The summed E-state index contributed by atoms with van der Waals surface area (Å²) >= 11 is 0. The Morgan fingerprint density at radius 2 is 1.92 bits per heavy atom. The van der Waals surface area contributed by atoms with Crippen molar-refractivity contribution in [1.82, 2.24) is 9.66 Å². The van der Waals surface area contributed by atoms with Gasteiger partial charge in [0.15, 0.2) is 17.3 Å². The molecule has 2 heterocycles. The highest BCUT2D eigenvalue weighted by molar-refractivity contribution is 5.85. The van der Waals surface area contributed by atoms with E-state index >= 15 is 0 Å². The van der Waals surface area contributed by atoms with Crippen molar-refractivity contribution in [3.05, 3.63) is 101 Å². The van der Waals surface area contributed by atoms with Gasteiger partial charge in [-0.25, -0.2) is 4.98 Å². The molecule has 3 aromatic carbocycles. The molecule has 0 saturated heterocycles. The second-order valence-electron chi connectivity index (χ2n) is 8.49. The van der Waals surface area contributed by atoms with E-state index in [1.54, 1.807) is 30.3 Å². The number of aromatic nitrogens is 2. The van der Waals surface area contributed by atoms with Gasteiger partial charge in [-0.1, -0.05) is 36.4 Å². The molecule has 0 aliphatic heterocycles. The maximum atomic E-state index is 13.5. The number of para-hydroxylation sites is 2. The zero-order valence-corrected chi connectivity index (χ0v) is 21.0. The first-order chi connectivity index (χ1) is 18.5. The second-order valence-corrected chi connectivity index (χ2v) is 8.49. The van der Waals surface area contributed by atoms with Crippen LogP contribution in [-0.4, -0.2) is 28.5 Å². The van der Waals surface area contributed by atoms with E-state index < -0.39 is 5.97 Å². The van der Waals surface area contributed by atoms with Crippen LogP contribution in [0.5, 0.6) is 11.5 Å². The van der Waals surface area contributed by atoms with Crippen LogP contribution in [0.1, 0.15) is 25.0 Å². The van der Waals surface area contributed by atoms with Gasteiger partial charge in [-0.15, -0.1) is 6.58 Å². The molecule has 190 valence electrons. The van der Waals surface area contributed by atoms with Crippen LogP contribution in [0.3, 0.4) is 0 Å². The lowest BCUT2D eigenvalue weighted by atomic mass is 10.1. The van der Waals surface area contributed by atoms with Gasteiger partial charge in [0.25, 0.3) is 5.56 Å². The minimum atomic E-state index is -0.457. The number of carbonyl (C=O) groups excluding carboxylic acids is 1. The van der Waals surface area contributed by atoms with Crippen molar-refractivity contribution < 1.29 is 18.7 Å². The molecule has 5 rings (SSSR count). The summed E-state index contributed by atoms with van der Waals surface area (Å²) in [6.45, 7) is 7.34. The maximum Gasteiger partial charge on any atom is 0.308 e. The Morgan fingerprint density at radius 3 is 2.68 bits per heavy atom. The summed E-state index contributed by atoms with van der Waals surface area (Å²) in [7, 11) is 0. The molecule has 2 aromatic heterocycles. The highest BCUT2D eigenvalue weighted by Crippen LogP contribution is 2.34. The lowest BCUT2D eigenvalue weighted by Gasteiger charge is -2.14. The van der Waals surface area contributed by atoms with Crippen LogP contribution in [0.15, 0.2) is 93.7 Å². The zero-order valence-electron chi connectivity index (χ0n) is 21.0. The van der Waals surface area contributed by atoms with Crippen molar-refractivity contribution in [3.63, 3.8) is 0 Å². The van der Waals surface area contributed by atoms with Crippen LogP contribution in [-0.2, 0) is 11.2 Å². The number of hydrogen-bond donors (Lipinski definition) is 0. The summed E-state index contributed by atoms with van der Waals surface area (Å²) in [6.07, 6.45) is 3.68. The number of fused-ring (bicyclic) bond motifs is 2. The van der Waals surface area contributed by atoms with Gasteiger partial charge in [-0.05, 0) is 55.3 Å². The largest absolute Gasteiger partial charge is 0.490 e. The molecule has 8 heteroatoms. The molecule has 0 aliphatic carbocycles. The fraction of sp³-hybridized carbons (Fsp3) is 0.133. The molecule has 0 amide bonds. The Bertz CT molecular complexity index is 1730. The van der Waals surface area contributed by atoms with Gasteiger partial charge in [0.2, 0.25) is 5.82 Å². The maximum absolute atomic E-state index is 13.5. The van der Waals surface area contributed by atoms with E-state index in [9.17, 15) is 9.59 Å². The van der Waals surface area contributed by atoms with Gasteiger partial charge in [-0.2, -0.15) is 9.78 Å². The summed E-state index contributed by atoms with van der Waals surface area (Å²) in [5, 5.41) is 5.85. The second kappa shape index (κ2) is 10.6. The molecule has 0 spiro atoms. The van der Waals surface area contributed by atoms with Crippen LogP contribution < -0.4 is 15.0 Å². The van der Waals surface area contributed by atoms with Crippen LogP contribution in [0, 0.1) is 0 Å². The molecular weight excluding hydrogens is 482 g/mol. The van der Waals surface area contributed by atoms with E-state index in [1.165, 1.54) is 17.8 Å². The molecule has 0 saturated carbocycles. The Balaban J connectivity index is 1.68. The summed E-state index contributed by atoms with van der Waals surface area (Å²) in [5.74, 6) is 0.962. The van der Waals surface area contributed by atoms with E-state index in [0.717, 1.165) is 5.39 Å². The number of rotatable bonds is 8. The Labute approximate surface area is 218 Å². The Morgan fingerprint density at radius 1 is 1.13 bits per heavy atom. The third kappa shape index (κ3) is 4.84. The third-order valence-corrected chi connectivity index (χ3v) is 5.79. The number of ether oxygens (including phenoxy) is 2. The van der Waals surface area contributed by atoms with Gasteiger partial charge in [-0.3, -0.25) is 9.59 Å². The van der Waals surface area contributed by atoms with E-state index in [2.05, 4.69) is 11.7 Å². The monoisotopic (exact) mass is 507 g/mol. The number of benzene rings is 3. The average molecular weight is 508 g/mol. The normalized spacial score (nSPS) is 11.3. The molecule has 0 fully saturated rings. The molecule has 0 radical (unpaired) electrons. The van der Waals surface area contributed by atoms with Crippen molar-refractivity contribution in [1.29, 1.82) is 0 Å². The number of furan rings is 1. The molecule has 0 aliphatic rings. The van der Waals surface area contributed by atoms with Gasteiger partial charge < -0.3 is 13.9 Å². The molecule has 5 aromatic rings. The first-order valence-electron chi connectivity index (χ1n) is 12.1. The fourth-order valence-corrected chi connectivity index (χ4v) is 4.19. The summed E-state index contributed by atoms with van der Waals surface area (Å²) < 4.78 is 18.5. The highest BCUT2D eigenvalue weighted by Gasteiger charge is 2.18. The van der Waals surface area contributed by atoms with Crippen LogP contribution >= 0.6 is 0 Å². The molecule has 0 N–H and O–H groups in total. The predicted molar refractivity (Wildman–Crippen MR) is 147 cm³/mol. The van der Waals surface area contributed by atoms with Crippen LogP contribution in [0.25, 0.3) is 33.5 Å². The minimum absolute atomic E-state index is 0.272. The topological polar surface area (TPSA) is 95.9 Å². The van der Waals surface area contributed by atoms with Gasteiger partial charge in [0, 0.05) is 17.9 Å². The molecular formula is C30H25N3O5. The summed E-state index contributed by atoms with van der Waals surface area (Å²) in [4.78, 5) is 30.0. The predicted octanol–water partition coefficient (Wildman–Crippen LogP) is 5.74. The molecule has 38 heavy (non-hydrogen) atoms. The smallest absolute Gasteiger partial charge is 0.308 e. The van der Waals surface area contributed by atoms with Crippen molar-refractivity contribution in [3.8, 4) is 23.1 Å². The van der Waals surface area contributed by atoms with E-state index in [4.69, 9.17) is 18.9 Å². The van der Waals surface area contributed by atoms with Crippen molar-refractivity contribution in [2.24, 2.45) is 5.10 Å². The zero-order chi connectivity index (χ0) is 26.6. The highest BCUT2D eigenvalue weighted by atomic mass is 16.6. The minimum Gasteiger partial charge on any atom is -0.490 e. The lowest BCUT2D eigenvalue weighted by Crippen LogP contribution is -2.20. The third-order valence-electron chi connectivity index (χ3n) is 5.79. The fourth-order valence-electron chi connectivity index (χ4n) is 4.19. The number of esters is 1. The number of hydrogen-bond acceptors (Lipinski definition) is 7. The van der Waals surface area contributed by atoms with Crippen LogP contribution in [0.4, 0.5) is 0 Å². The Kier molecular flexibility index (Phi) is 6.86. The molecule has 8 nitrogen and oxygen atoms in total. The number of allylic oxidation sites excluding steroid dienone is 1. The Hall–Kier alpha value is -4.98. The van der Waals surface area contributed by atoms with E-state index in [1.807, 2.05) is 49.4 Å². The molecule has 0 bridgehead atoms. The van der Waals surface area contributed by atoms with E-state index in [0.29, 0.717) is 57.9 Å². The standard InChI is InChI=1S/C30H25N3O5/c1-4-10-22-15-20(16-26(36-5-2)28(22)37-19(3)34)18-31-33-29(27-17-21-11-6-9-14-25(21)38-27)32-24-13-8-7-12-23(24)30(33)35/h4,6-9,11-18H,1,5,10H2,2-3H3. The number of nitrogens with zero attached hydrogens (tertiary/aromatic N) is 3. The van der Waals surface area contributed by atoms with E-state index in [-0.39, 0.29) is 11.4 Å².